The van der Waals surface area contributed by atoms with E-state index in [-0.39, 0.29) is 18.0 Å². The second-order valence-electron chi connectivity index (χ2n) is 14.0. The molecule has 4 aromatic carbocycles. The molecule has 1 heterocycles. The van der Waals surface area contributed by atoms with Crippen LogP contribution in [0.15, 0.2) is 121 Å². The molecule has 2 unspecified atom stereocenters. The first-order chi connectivity index (χ1) is 27.4. The normalized spacial score (nSPS) is 12.5. The highest BCUT2D eigenvalue weighted by molar-refractivity contribution is 8.00. The Kier molecular flexibility index (Phi) is 15.4. The topological polar surface area (TPSA) is 136 Å². The van der Waals surface area contributed by atoms with Crippen LogP contribution >= 0.6 is 34.9 Å². The molecule has 0 spiro atoms. The lowest BCUT2D eigenvalue weighted by Gasteiger charge is -2.36. The maximum absolute atomic E-state index is 14.2. The first kappa shape index (κ1) is 43.0. The van der Waals surface area contributed by atoms with Crippen LogP contribution in [0.4, 0.5) is 4.79 Å². The van der Waals surface area contributed by atoms with Crippen LogP contribution < -0.4 is 16.0 Å². The van der Waals surface area contributed by atoms with Gasteiger partial charge >= 0.3 is 12.1 Å². The molecule has 1 aromatic heterocycles. The van der Waals surface area contributed by atoms with E-state index in [2.05, 4.69) is 57.3 Å². The minimum Gasteiger partial charge on any atom is -0.467 e. The highest BCUT2D eigenvalue weighted by atomic mass is 32.2. The van der Waals surface area contributed by atoms with E-state index < -0.39 is 46.3 Å². The van der Waals surface area contributed by atoms with E-state index in [0.29, 0.717) is 22.1 Å². The number of thioether (sulfide) groups is 2. The molecule has 0 bridgehead atoms. The molecule has 57 heavy (non-hydrogen) atoms. The Labute approximate surface area is 346 Å². The number of methoxy groups -OCH3 is 1. The molecule has 0 aliphatic rings. The number of nitrogens with one attached hydrogen (secondary N) is 3. The lowest BCUT2D eigenvalue weighted by atomic mass is 9.84. The predicted octanol–water partition coefficient (Wildman–Crippen LogP) is 8.07. The van der Waals surface area contributed by atoms with Gasteiger partial charge in [-0.25, -0.2) is 14.6 Å². The second-order valence-corrected chi connectivity index (χ2v) is 17.3. The van der Waals surface area contributed by atoms with E-state index in [0.717, 1.165) is 22.3 Å². The third kappa shape index (κ3) is 11.5. The lowest BCUT2D eigenvalue weighted by molar-refractivity contribution is -0.142. The summed E-state index contributed by atoms with van der Waals surface area (Å²) >= 11 is 4.35. The number of esters is 1. The minimum atomic E-state index is -1.03. The molecule has 5 rings (SSSR count). The van der Waals surface area contributed by atoms with Crippen LogP contribution in [0.25, 0.3) is 10.4 Å². The second kappa shape index (κ2) is 20.4. The number of ether oxygens (including phenoxy) is 2. The third-order valence-corrected chi connectivity index (χ3v) is 12.1. The Morgan fingerprint density at radius 2 is 1.28 bits per heavy atom. The SMILES string of the molecule is COC(=O)C(CCSC)NC(=O)c1nc(CNC(=O)C(CSC(c2ccccc2)(c2ccccc2)c2ccccc2)NC(=O)OC(C)(C)C)sc1-c1ccccc1. The average molecular weight is 825 g/mol. The fourth-order valence-electron chi connectivity index (χ4n) is 6.13. The highest BCUT2D eigenvalue weighted by Crippen LogP contribution is 2.48. The number of amides is 3. The van der Waals surface area contributed by atoms with Crippen LogP contribution in [0, 0.1) is 0 Å². The van der Waals surface area contributed by atoms with Crippen LogP contribution in [0.3, 0.4) is 0 Å². The van der Waals surface area contributed by atoms with Crippen molar-refractivity contribution < 1.29 is 28.7 Å². The lowest BCUT2D eigenvalue weighted by Crippen LogP contribution is -2.50. The van der Waals surface area contributed by atoms with Crippen LogP contribution in [-0.2, 0) is 30.4 Å². The van der Waals surface area contributed by atoms with Crippen LogP contribution in [0.1, 0.15) is 59.4 Å². The molecule has 3 N–H and O–H groups in total. The Morgan fingerprint density at radius 1 is 0.754 bits per heavy atom. The summed E-state index contributed by atoms with van der Waals surface area (Å²) in [4.78, 5) is 59.0. The summed E-state index contributed by atoms with van der Waals surface area (Å²) in [6.07, 6.45) is 1.58. The first-order valence-corrected chi connectivity index (χ1v) is 21.6. The molecule has 10 nitrogen and oxygen atoms in total. The fraction of sp³-hybridized carbons (Fsp3) is 0.295. The van der Waals surface area contributed by atoms with Crippen molar-refractivity contribution in [3.05, 3.63) is 149 Å². The summed E-state index contributed by atoms with van der Waals surface area (Å²) in [6.45, 7) is 5.26. The molecule has 0 saturated carbocycles. The van der Waals surface area contributed by atoms with E-state index in [1.54, 1.807) is 32.5 Å². The Bertz CT molecular complexity index is 1980. The van der Waals surface area contributed by atoms with E-state index in [1.807, 2.05) is 91.2 Å². The number of hydrogen-bond acceptors (Lipinski definition) is 10. The molecule has 0 saturated heterocycles. The number of carbonyl (C=O) groups is 4. The van der Waals surface area contributed by atoms with Crippen molar-refractivity contribution in [3.63, 3.8) is 0 Å². The predicted molar refractivity (Wildman–Crippen MR) is 230 cm³/mol. The zero-order valence-corrected chi connectivity index (χ0v) is 35.1. The number of thiazole rings is 1. The van der Waals surface area contributed by atoms with Gasteiger partial charge in [0.1, 0.15) is 28.4 Å². The molecule has 0 radical (unpaired) electrons. The average Bonchev–Trinajstić information content (AvgIpc) is 3.66. The molecule has 13 heteroatoms. The zero-order chi connectivity index (χ0) is 40.8. The Morgan fingerprint density at radius 3 is 1.77 bits per heavy atom. The van der Waals surface area contributed by atoms with Crippen molar-refractivity contribution in [1.29, 1.82) is 0 Å². The quantitative estimate of drug-likeness (QED) is 0.0629. The molecular formula is C44H48N4O6S3. The van der Waals surface area contributed by atoms with Crippen molar-refractivity contribution in [2.45, 2.75) is 56.2 Å². The highest BCUT2D eigenvalue weighted by Gasteiger charge is 2.39. The van der Waals surface area contributed by atoms with Gasteiger partial charge in [0.15, 0.2) is 0 Å². The smallest absolute Gasteiger partial charge is 0.408 e. The molecular weight excluding hydrogens is 777 g/mol. The maximum Gasteiger partial charge on any atom is 0.408 e. The minimum absolute atomic E-state index is 0.0259. The molecule has 0 fully saturated rings. The largest absolute Gasteiger partial charge is 0.467 e. The van der Waals surface area contributed by atoms with Gasteiger partial charge in [-0.3, -0.25) is 9.59 Å². The Hall–Kier alpha value is -5.11. The molecule has 298 valence electrons. The third-order valence-electron chi connectivity index (χ3n) is 8.75. The summed E-state index contributed by atoms with van der Waals surface area (Å²) in [5.74, 6) is -0.727. The van der Waals surface area contributed by atoms with Crippen LogP contribution in [0.5, 0.6) is 0 Å². The van der Waals surface area contributed by atoms with Crippen LogP contribution in [0.2, 0.25) is 0 Å². The van der Waals surface area contributed by atoms with Gasteiger partial charge in [-0.05, 0) is 61.5 Å². The van der Waals surface area contributed by atoms with Gasteiger partial charge in [0.2, 0.25) is 5.91 Å². The monoisotopic (exact) mass is 824 g/mol. The summed E-state index contributed by atoms with van der Waals surface area (Å²) in [6, 6.07) is 37.7. The van der Waals surface area contributed by atoms with Crippen LogP contribution in [-0.4, -0.2) is 71.4 Å². The number of alkyl carbamates (subject to hydrolysis) is 1. The van der Waals surface area contributed by atoms with E-state index in [9.17, 15) is 19.2 Å². The standard InChI is InChI=1S/C44H48N4O6S3/c1-43(2,3)54-42(52)47-35(29-56-44(31-20-12-7-13-21-31,32-22-14-8-15-23-32)33-24-16-9-17-25-33)39(49)45-28-36-48-37(38(57-36)30-18-10-6-11-19-30)40(50)46-34(26-27-55-5)41(51)53-4/h6-25,34-35H,26-29H2,1-5H3,(H,45,49)(H,46,50)(H,47,52). The van der Waals surface area contributed by atoms with Gasteiger partial charge < -0.3 is 25.4 Å². The van der Waals surface area contributed by atoms with Gasteiger partial charge in [-0.1, -0.05) is 121 Å². The van der Waals surface area contributed by atoms with Gasteiger partial charge in [-0.2, -0.15) is 11.8 Å². The van der Waals surface area contributed by atoms with Crippen molar-refractivity contribution in [2.75, 3.05) is 24.9 Å². The van der Waals surface area contributed by atoms with Crippen molar-refractivity contribution in [2.24, 2.45) is 0 Å². The summed E-state index contributed by atoms with van der Waals surface area (Å²) < 4.78 is 9.82. The van der Waals surface area contributed by atoms with E-state index in [4.69, 9.17) is 9.47 Å². The zero-order valence-electron chi connectivity index (χ0n) is 32.7. The molecule has 3 amide bonds. The van der Waals surface area contributed by atoms with E-state index >= 15 is 0 Å². The van der Waals surface area contributed by atoms with Crippen molar-refractivity contribution in [1.82, 2.24) is 20.9 Å². The molecule has 0 aliphatic heterocycles. The van der Waals surface area contributed by atoms with Gasteiger partial charge in [0, 0.05) is 5.75 Å². The molecule has 2 atom stereocenters. The summed E-state index contributed by atoms with van der Waals surface area (Å²) in [5, 5.41) is 9.06. The van der Waals surface area contributed by atoms with E-state index in [1.165, 1.54) is 30.2 Å². The summed E-state index contributed by atoms with van der Waals surface area (Å²) in [7, 11) is 1.29. The van der Waals surface area contributed by atoms with Crippen molar-refractivity contribution >= 4 is 58.7 Å². The van der Waals surface area contributed by atoms with Crippen molar-refractivity contribution in [3.8, 4) is 10.4 Å². The van der Waals surface area contributed by atoms with Gasteiger partial charge in [0.25, 0.3) is 5.91 Å². The fourth-order valence-corrected chi connectivity index (χ4v) is 9.17. The number of nitrogens with zero attached hydrogens (tertiary/aromatic N) is 1. The van der Waals surface area contributed by atoms with Gasteiger partial charge in [-0.15, -0.1) is 23.1 Å². The number of benzene rings is 4. The first-order valence-electron chi connectivity index (χ1n) is 18.5. The number of hydrogen-bond donors (Lipinski definition) is 3. The molecule has 5 aromatic rings. The number of rotatable bonds is 17. The molecule has 0 aliphatic carbocycles. The number of carbonyl (C=O) groups excluding carboxylic acids is 4. The maximum atomic E-state index is 14.2. The number of aromatic nitrogens is 1. The van der Waals surface area contributed by atoms with Gasteiger partial charge in [0.05, 0.1) is 23.3 Å². The Balaban J connectivity index is 1.46. The summed E-state index contributed by atoms with van der Waals surface area (Å²) in [5.41, 5.74) is 3.12.